The molecular weight excluding hydrogens is 160 g/mol. The molecule has 0 bridgehead atoms. The summed E-state index contributed by atoms with van der Waals surface area (Å²) < 4.78 is 0. The van der Waals surface area contributed by atoms with Crippen LogP contribution < -0.4 is 5.32 Å². The van der Waals surface area contributed by atoms with E-state index in [4.69, 9.17) is 5.26 Å². The molecule has 0 fully saturated rings. The Morgan fingerprint density at radius 2 is 2.15 bits per heavy atom. The van der Waals surface area contributed by atoms with Gasteiger partial charge in [0.05, 0.1) is 6.07 Å². The van der Waals surface area contributed by atoms with Gasteiger partial charge in [-0.3, -0.25) is 0 Å². The van der Waals surface area contributed by atoms with Crippen molar-refractivity contribution in [3.63, 3.8) is 0 Å². The molecule has 0 aliphatic carbocycles. The molecule has 1 rings (SSSR count). The molecule has 0 radical (unpaired) electrons. The SMILES string of the molecule is C/C(C#N)=C/NCc1ccccc1. The third-order valence-electron chi connectivity index (χ3n) is 1.64. The van der Waals surface area contributed by atoms with E-state index in [9.17, 15) is 0 Å². The summed E-state index contributed by atoms with van der Waals surface area (Å²) in [5, 5.41) is 11.5. The lowest BCUT2D eigenvalue weighted by molar-refractivity contribution is 0.864. The minimum Gasteiger partial charge on any atom is -0.386 e. The Hall–Kier alpha value is -1.75. The quantitative estimate of drug-likeness (QED) is 0.709. The zero-order valence-corrected chi connectivity index (χ0v) is 7.62. The first kappa shape index (κ1) is 9.34. The summed E-state index contributed by atoms with van der Waals surface area (Å²) in [6.07, 6.45) is 1.73. The molecular formula is C11H12N2. The maximum Gasteiger partial charge on any atom is 0.0959 e. The lowest BCUT2D eigenvalue weighted by Crippen LogP contribution is -2.04. The normalized spacial score (nSPS) is 10.6. The predicted octanol–water partition coefficient (Wildman–Crippen LogP) is 2.20. The van der Waals surface area contributed by atoms with E-state index in [1.165, 1.54) is 5.56 Å². The zero-order valence-electron chi connectivity index (χ0n) is 7.62. The average molecular weight is 172 g/mol. The first-order chi connectivity index (χ1) is 6.33. The van der Waals surface area contributed by atoms with Gasteiger partial charge in [-0.1, -0.05) is 30.3 Å². The van der Waals surface area contributed by atoms with Crippen molar-refractivity contribution in [2.75, 3.05) is 0 Å². The monoisotopic (exact) mass is 172 g/mol. The minimum absolute atomic E-state index is 0.691. The van der Waals surface area contributed by atoms with E-state index in [2.05, 4.69) is 5.32 Å². The van der Waals surface area contributed by atoms with Crippen molar-refractivity contribution in [1.82, 2.24) is 5.32 Å². The van der Waals surface area contributed by atoms with Gasteiger partial charge >= 0.3 is 0 Å². The van der Waals surface area contributed by atoms with Gasteiger partial charge in [0.15, 0.2) is 0 Å². The second kappa shape index (κ2) is 5.00. The maximum absolute atomic E-state index is 8.47. The fourth-order valence-electron chi connectivity index (χ4n) is 0.950. The van der Waals surface area contributed by atoms with E-state index in [0.29, 0.717) is 5.57 Å². The van der Waals surface area contributed by atoms with E-state index in [1.807, 2.05) is 36.4 Å². The van der Waals surface area contributed by atoms with Crippen molar-refractivity contribution in [1.29, 1.82) is 5.26 Å². The Morgan fingerprint density at radius 3 is 2.77 bits per heavy atom. The Balaban J connectivity index is 2.41. The van der Waals surface area contributed by atoms with Crippen LogP contribution in [0.3, 0.4) is 0 Å². The number of benzene rings is 1. The van der Waals surface area contributed by atoms with E-state index >= 15 is 0 Å². The third kappa shape index (κ3) is 3.44. The van der Waals surface area contributed by atoms with E-state index < -0.39 is 0 Å². The molecule has 0 amide bonds. The molecule has 0 atom stereocenters. The largest absolute Gasteiger partial charge is 0.386 e. The first-order valence-corrected chi connectivity index (χ1v) is 4.17. The van der Waals surface area contributed by atoms with Crippen LogP contribution >= 0.6 is 0 Å². The molecule has 66 valence electrons. The maximum atomic E-state index is 8.47. The van der Waals surface area contributed by atoms with Gasteiger partial charge in [-0.15, -0.1) is 0 Å². The molecule has 0 unspecified atom stereocenters. The van der Waals surface area contributed by atoms with Crippen molar-refractivity contribution in [2.24, 2.45) is 0 Å². The third-order valence-corrected chi connectivity index (χ3v) is 1.64. The van der Waals surface area contributed by atoms with E-state index in [1.54, 1.807) is 13.1 Å². The van der Waals surface area contributed by atoms with Crippen molar-refractivity contribution in [3.8, 4) is 6.07 Å². The van der Waals surface area contributed by atoms with Crippen LogP contribution in [0.4, 0.5) is 0 Å². The number of nitrogens with zero attached hydrogens (tertiary/aromatic N) is 1. The standard InChI is InChI=1S/C11H12N2/c1-10(7-12)8-13-9-11-5-3-2-4-6-11/h2-6,8,13H,9H2,1H3/b10-8-. The predicted molar refractivity (Wildman–Crippen MR) is 52.7 cm³/mol. The number of hydrogen-bond donors (Lipinski definition) is 1. The van der Waals surface area contributed by atoms with Crippen LogP contribution in [0.15, 0.2) is 42.1 Å². The fourth-order valence-corrected chi connectivity index (χ4v) is 0.950. The highest BCUT2D eigenvalue weighted by molar-refractivity contribution is 5.18. The fraction of sp³-hybridized carbons (Fsp3) is 0.182. The molecule has 1 aromatic rings. The molecule has 0 aliphatic heterocycles. The van der Waals surface area contributed by atoms with Gasteiger partial charge in [0.1, 0.15) is 0 Å². The highest BCUT2D eigenvalue weighted by Gasteiger charge is 1.87. The summed E-state index contributed by atoms with van der Waals surface area (Å²) in [7, 11) is 0. The Morgan fingerprint density at radius 1 is 1.46 bits per heavy atom. The van der Waals surface area contributed by atoms with Crippen molar-refractivity contribution in [2.45, 2.75) is 13.5 Å². The first-order valence-electron chi connectivity index (χ1n) is 4.17. The van der Waals surface area contributed by atoms with Crippen LogP contribution in [0, 0.1) is 11.3 Å². The molecule has 0 heterocycles. The second-order valence-corrected chi connectivity index (χ2v) is 2.81. The summed E-state index contributed by atoms with van der Waals surface area (Å²) in [5.41, 5.74) is 1.90. The van der Waals surface area contributed by atoms with Gasteiger partial charge in [-0.05, 0) is 12.5 Å². The highest BCUT2D eigenvalue weighted by atomic mass is 14.8. The van der Waals surface area contributed by atoms with Gasteiger partial charge in [0, 0.05) is 18.3 Å². The van der Waals surface area contributed by atoms with Crippen molar-refractivity contribution < 1.29 is 0 Å². The summed E-state index contributed by atoms with van der Waals surface area (Å²) in [5.74, 6) is 0. The summed E-state index contributed by atoms with van der Waals surface area (Å²) >= 11 is 0. The Kier molecular flexibility index (Phi) is 3.59. The van der Waals surface area contributed by atoms with Crippen LogP contribution in [0.1, 0.15) is 12.5 Å². The van der Waals surface area contributed by atoms with Crippen LogP contribution in [0.5, 0.6) is 0 Å². The summed E-state index contributed by atoms with van der Waals surface area (Å²) in [6.45, 7) is 2.54. The second-order valence-electron chi connectivity index (χ2n) is 2.81. The Labute approximate surface area is 78.5 Å². The molecule has 0 saturated heterocycles. The van der Waals surface area contributed by atoms with Crippen molar-refractivity contribution >= 4 is 0 Å². The molecule has 0 saturated carbocycles. The van der Waals surface area contributed by atoms with Gasteiger partial charge in [0.2, 0.25) is 0 Å². The lowest BCUT2D eigenvalue weighted by atomic mass is 10.2. The summed E-state index contributed by atoms with van der Waals surface area (Å²) in [6, 6.07) is 12.1. The van der Waals surface area contributed by atoms with Crippen LogP contribution in [0.2, 0.25) is 0 Å². The van der Waals surface area contributed by atoms with Crippen molar-refractivity contribution in [3.05, 3.63) is 47.7 Å². The van der Waals surface area contributed by atoms with Crippen LogP contribution in [-0.2, 0) is 6.54 Å². The molecule has 0 spiro atoms. The molecule has 0 aromatic heterocycles. The molecule has 2 heteroatoms. The molecule has 1 N–H and O–H groups in total. The molecule has 1 aromatic carbocycles. The average Bonchev–Trinajstić information content (AvgIpc) is 2.19. The lowest BCUT2D eigenvalue weighted by Gasteiger charge is -2.00. The number of allylic oxidation sites excluding steroid dienone is 1. The van der Waals surface area contributed by atoms with Crippen LogP contribution in [-0.4, -0.2) is 0 Å². The number of rotatable bonds is 3. The van der Waals surface area contributed by atoms with Gasteiger partial charge in [-0.25, -0.2) is 0 Å². The number of hydrogen-bond acceptors (Lipinski definition) is 2. The number of nitriles is 1. The van der Waals surface area contributed by atoms with E-state index in [0.717, 1.165) is 6.54 Å². The molecule has 13 heavy (non-hydrogen) atoms. The topological polar surface area (TPSA) is 35.8 Å². The van der Waals surface area contributed by atoms with Gasteiger partial charge in [0.25, 0.3) is 0 Å². The molecule has 0 aliphatic rings. The van der Waals surface area contributed by atoms with Crippen LogP contribution in [0.25, 0.3) is 0 Å². The van der Waals surface area contributed by atoms with E-state index in [-0.39, 0.29) is 0 Å². The Bertz CT molecular complexity index is 320. The molecule has 2 nitrogen and oxygen atoms in total. The summed E-state index contributed by atoms with van der Waals surface area (Å²) in [4.78, 5) is 0. The highest BCUT2D eigenvalue weighted by Crippen LogP contribution is 1.97. The van der Waals surface area contributed by atoms with Gasteiger partial charge in [-0.2, -0.15) is 5.26 Å². The van der Waals surface area contributed by atoms with Gasteiger partial charge < -0.3 is 5.32 Å². The number of nitrogens with one attached hydrogen (secondary N) is 1. The zero-order chi connectivity index (χ0) is 9.52. The smallest absolute Gasteiger partial charge is 0.0959 e. The minimum atomic E-state index is 0.691.